The van der Waals surface area contributed by atoms with Gasteiger partial charge in [-0.2, -0.15) is 0 Å². The van der Waals surface area contributed by atoms with Gasteiger partial charge in [0.05, 0.1) is 25.4 Å². The van der Waals surface area contributed by atoms with Gasteiger partial charge in [-0.1, -0.05) is 283 Å². The molecule has 0 fully saturated rings. The zero-order valence-corrected chi connectivity index (χ0v) is 44.7. The Morgan fingerprint density at radius 1 is 0.409 bits per heavy atom. The normalized spacial score (nSPS) is 12.6. The van der Waals surface area contributed by atoms with Crippen LogP contribution in [0.5, 0.6) is 0 Å². The number of carbonyl (C=O) groups excluding carboxylic acids is 2. The van der Waals surface area contributed by atoms with Crippen molar-refractivity contribution < 1.29 is 24.5 Å². The number of carbonyl (C=O) groups is 2. The highest BCUT2D eigenvalue weighted by atomic mass is 16.5. The minimum atomic E-state index is -0.659. The number of aliphatic hydroxyl groups excluding tert-OH is 2. The van der Waals surface area contributed by atoms with Crippen LogP contribution in [-0.4, -0.2) is 47.4 Å². The van der Waals surface area contributed by atoms with Gasteiger partial charge in [-0.3, -0.25) is 9.59 Å². The smallest absolute Gasteiger partial charge is 0.305 e. The number of rotatable bonds is 56. The van der Waals surface area contributed by atoms with Gasteiger partial charge in [0.2, 0.25) is 5.91 Å². The van der Waals surface area contributed by atoms with E-state index in [1.165, 1.54) is 257 Å². The summed E-state index contributed by atoms with van der Waals surface area (Å²) in [4.78, 5) is 24.4. The van der Waals surface area contributed by atoms with Crippen molar-refractivity contribution in [2.75, 3.05) is 13.2 Å². The van der Waals surface area contributed by atoms with E-state index in [2.05, 4.69) is 31.3 Å². The zero-order chi connectivity index (χ0) is 47.9. The molecule has 3 N–H and O–H groups in total. The van der Waals surface area contributed by atoms with E-state index in [1.807, 2.05) is 0 Å². The van der Waals surface area contributed by atoms with Gasteiger partial charge in [-0.25, -0.2) is 0 Å². The van der Waals surface area contributed by atoms with E-state index in [4.69, 9.17) is 4.74 Å². The van der Waals surface area contributed by atoms with Crippen molar-refractivity contribution in [2.24, 2.45) is 0 Å². The summed E-state index contributed by atoms with van der Waals surface area (Å²) in [6.45, 7) is 4.93. The first kappa shape index (κ1) is 64.6. The summed E-state index contributed by atoms with van der Waals surface area (Å²) >= 11 is 0. The molecule has 0 heterocycles. The molecule has 66 heavy (non-hydrogen) atoms. The molecule has 0 radical (unpaired) electrons. The van der Waals surface area contributed by atoms with Crippen molar-refractivity contribution >= 4 is 11.9 Å². The van der Waals surface area contributed by atoms with Gasteiger partial charge in [0.1, 0.15) is 0 Å². The molecule has 0 saturated carbocycles. The summed E-state index contributed by atoms with van der Waals surface area (Å²) in [5.74, 6) is -0.0244. The van der Waals surface area contributed by atoms with E-state index in [1.54, 1.807) is 0 Å². The summed E-state index contributed by atoms with van der Waals surface area (Å²) in [7, 11) is 0. The second-order valence-corrected chi connectivity index (χ2v) is 20.7. The maximum atomic E-state index is 12.4. The number of aliphatic hydroxyl groups is 2. The van der Waals surface area contributed by atoms with Crippen molar-refractivity contribution in [1.82, 2.24) is 5.32 Å². The molecule has 392 valence electrons. The maximum Gasteiger partial charge on any atom is 0.305 e. The molecule has 0 rings (SSSR count). The minimum absolute atomic E-state index is 0.00902. The number of hydrogen-bond donors (Lipinski definition) is 3. The SMILES string of the molecule is CCCCCC/C=C\CCCCCCCC(=O)OCCCCCCCCCCCCCCCCCCCCCCCCCCCCCC(=O)NC(CO)C(O)CCCCCCCCCCC. The number of unbranched alkanes of at least 4 members (excludes halogenated alkanes) is 43. The van der Waals surface area contributed by atoms with E-state index < -0.39 is 12.1 Å². The van der Waals surface area contributed by atoms with Crippen LogP contribution in [0.3, 0.4) is 0 Å². The van der Waals surface area contributed by atoms with Crippen LogP contribution in [0.4, 0.5) is 0 Å². The third kappa shape index (κ3) is 52.0. The number of nitrogens with one attached hydrogen (secondary N) is 1. The third-order valence-corrected chi connectivity index (χ3v) is 14.1. The summed E-state index contributed by atoms with van der Waals surface area (Å²) < 4.78 is 5.47. The second kappa shape index (κ2) is 56.2. The quantitative estimate of drug-likeness (QED) is 0.0321. The molecule has 0 aromatic rings. The molecule has 6 nitrogen and oxygen atoms in total. The summed E-state index contributed by atoms with van der Waals surface area (Å²) in [5, 5.41) is 23.1. The Morgan fingerprint density at radius 3 is 1.09 bits per heavy atom. The molecule has 0 aromatic heterocycles. The molecule has 0 bridgehead atoms. The Bertz CT molecular complexity index is 986. The standard InChI is InChI=1S/C60H117NO5/c1-3-5-7-9-11-13-14-30-34-38-42-46-50-54-60(65)66-55-51-47-43-39-35-32-29-27-25-23-21-19-17-15-16-18-20-22-24-26-28-31-33-37-41-45-49-53-59(64)61-57(56-62)58(63)52-48-44-40-36-12-10-8-6-4-2/h13-14,57-58,62-63H,3-12,15-56H2,1-2H3,(H,61,64)/b14-13-. The van der Waals surface area contributed by atoms with Crippen LogP contribution in [0, 0.1) is 0 Å². The van der Waals surface area contributed by atoms with Crippen molar-refractivity contribution in [2.45, 2.75) is 347 Å². The summed E-state index contributed by atoms with van der Waals surface area (Å²) in [5.41, 5.74) is 0. The lowest BCUT2D eigenvalue weighted by Gasteiger charge is -2.22. The van der Waals surface area contributed by atoms with Gasteiger partial charge in [0.25, 0.3) is 0 Å². The Kier molecular flexibility index (Phi) is 55.0. The highest BCUT2D eigenvalue weighted by Gasteiger charge is 2.20. The van der Waals surface area contributed by atoms with Gasteiger partial charge >= 0.3 is 5.97 Å². The molecule has 0 saturated heterocycles. The minimum Gasteiger partial charge on any atom is -0.466 e. The largest absolute Gasteiger partial charge is 0.466 e. The first-order chi connectivity index (χ1) is 32.5. The van der Waals surface area contributed by atoms with E-state index >= 15 is 0 Å². The van der Waals surface area contributed by atoms with E-state index in [9.17, 15) is 19.8 Å². The number of hydrogen-bond acceptors (Lipinski definition) is 5. The van der Waals surface area contributed by atoms with Gasteiger partial charge in [-0.15, -0.1) is 0 Å². The fraction of sp³-hybridized carbons (Fsp3) is 0.933. The Morgan fingerprint density at radius 2 is 0.712 bits per heavy atom. The average molecular weight is 933 g/mol. The number of amides is 1. The first-order valence-electron chi connectivity index (χ1n) is 29.9. The van der Waals surface area contributed by atoms with Gasteiger partial charge in [0, 0.05) is 12.8 Å². The van der Waals surface area contributed by atoms with Crippen LogP contribution >= 0.6 is 0 Å². The highest BCUT2D eigenvalue weighted by molar-refractivity contribution is 5.76. The summed E-state index contributed by atoms with van der Waals surface area (Å²) in [6, 6.07) is -0.536. The molecular formula is C60H117NO5. The molecule has 2 unspecified atom stereocenters. The highest BCUT2D eigenvalue weighted by Crippen LogP contribution is 2.18. The van der Waals surface area contributed by atoms with Crippen LogP contribution in [0.25, 0.3) is 0 Å². The predicted molar refractivity (Wildman–Crippen MR) is 287 cm³/mol. The van der Waals surface area contributed by atoms with Gasteiger partial charge < -0.3 is 20.3 Å². The lowest BCUT2D eigenvalue weighted by atomic mass is 10.0. The van der Waals surface area contributed by atoms with Crippen molar-refractivity contribution in [1.29, 1.82) is 0 Å². The molecule has 2 atom stereocenters. The second-order valence-electron chi connectivity index (χ2n) is 20.7. The lowest BCUT2D eigenvalue weighted by molar-refractivity contribution is -0.143. The topological polar surface area (TPSA) is 95.9 Å². The van der Waals surface area contributed by atoms with Crippen LogP contribution < -0.4 is 5.32 Å². The van der Waals surface area contributed by atoms with Gasteiger partial charge in [0.15, 0.2) is 0 Å². The Hall–Kier alpha value is -1.40. The zero-order valence-electron chi connectivity index (χ0n) is 44.7. The molecule has 1 amide bonds. The van der Waals surface area contributed by atoms with Crippen LogP contribution in [0.1, 0.15) is 335 Å². The molecule has 6 heteroatoms. The Labute approximate surface area is 412 Å². The molecule has 0 aliphatic rings. The lowest BCUT2D eigenvalue weighted by Crippen LogP contribution is -2.45. The molecule has 0 aliphatic carbocycles. The third-order valence-electron chi connectivity index (χ3n) is 14.1. The average Bonchev–Trinajstić information content (AvgIpc) is 3.32. The van der Waals surface area contributed by atoms with Gasteiger partial charge in [-0.05, 0) is 51.4 Å². The van der Waals surface area contributed by atoms with E-state index in [-0.39, 0.29) is 18.5 Å². The molecule has 0 aliphatic heterocycles. The monoisotopic (exact) mass is 932 g/mol. The van der Waals surface area contributed by atoms with Crippen LogP contribution in [0.2, 0.25) is 0 Å². The Balaban J connectivity index is 3.31. The molecule has 0 aromatic carbocycles. The summed E-state index contributed by atoms with van der Waals surface area (Å²) in [6.07, 6.45) is 66.6. The van der Waals surface area contributed by atoms with E-state index in [0.717, 1.165) is 44.9 Å². The maximum absolute atomic E-state index is 12.4. The number of esters is 1. The molecular weight excluding hydrogens is 815 g/mol. The first-order valence-corrected chi connectivity index (χ1v) is 29.9. The number of ether oxygens (including phenoxy) is 1. The van der Waals surface area contributed by atoms with E-state index in [0.29, 0.717) is 25.9 Å². The predicted octanol–water partition coefficient (Wildman–Crippen LogP) is 18.5. The van der Waals surface area contributed by atoms with Crippen molar-refractivity contribution in [3.8, 4) is 0 Å². The van der Waals surface area contributed by atoms with Crippen LogP contribution in [0.15, 0.2) is 12.2 Å². The van der Waals surface area contributed by atoms with Crippen LogP contribution in [-0.2, 0) is 14.3 Å². The van der Waals surface area contributed by atoms with Crippen molar-refractivity contribution in [3.63, 3.8) is 0 Å². The number of allylic oxidation sites excluding steroid dienone is 2. The van der Waals surface area contributed by atoms with Crippen molar-refractivity contribution in [3.05, 3.63) is 12.2 Å². The molecule has 0 spiro atoms. The fourth-order valence-corrected chi connectivity index (χ4v) is 9.46. The fourth-order valence-electron chi connectivity index (χ4n) is 9.46.